The number of hydrogen-bond acceptors (Lipinski definition) is 7. The summed E-state index contributed by atoms with van der Waals surface area (Å²) in [4.78, 5) is 13.0. The van der Waals surface area contributed by atoms with Crippen LogP contribution >= 0.6 is 0 Å². The van der Waals surface area contributed by atoms with Crippen LogP contribution in [0, 0.1) is 0 Å². The molecule has 0 spiro atoms. The fraction of sp³-hybridized carbons (Fsp3) is 0.333. The lowest BCUT2D eigenvalue weighted by atomic mass is 10.1. The maximum atomic E-state index is 10.4. The van der Waals surface area contributed by atoms with Crippen LogP contribution in [0.3, 0.4) is 0 Å². The van der Waals surface area contributed by atoms with Crippen LogP contribution in [0.1, 0.15) is 0 Å². The van der Waals surface area contributed by atoms with Gasteiger partial charge in [0.2, 0.25) is 5.88 Å². The monoisotopic (exact) mass is 420 g/mol. The summed E-state index contributed by atoms with van der Waals surface area (Å²) in [5.74, 6) is 2.10. The van der Waals surface area contributed by atoms with E-state index in [0.29, 0.717) is 12.4 Å². The summed E-state index contributed by atoms with van der Waals surface area (Å²) >= 11 is 0. The summed E-state index contributed by atoms with van der Waals surface area (Å²) in [6, 6.07) is 18.2. The van der Waals surface area contributed by atoms with E-state index in [2.05, 4.69) is 31.9 Å². The topological polar surface area (TPSA) is 71.0 Å². The lowest BCUT2D eigenvalue weighted by Crippen LogP contribution is -2.49. The first-order valence-corrected chi connectivity index (χ1v) is 10.5. The first-order valence-electron chi connectivity index (χ1n) is 10.5. The Morgan fingerprint density at radius 3 is 2.35 bits per heavy atom. The maximum absolute atomic E-state index is 10.4. The fourth-order valence-electron chi connectivity index (χ4n) is 3.67. The Morgan fingerprint density at radius 2 is 1.65 bits per heavy atom. The molecule has 1 aromatic heterocycles. The Bertz CT molecular complexity index is 945. The Balaban J connectivity index is 1.21. The Morgan fingerprint density at radius 1 is 0.935 bits per heavy atom. The molecular formula is C24H28N4O3. The van der Waals surface area contributed by atoms with Crippen molar-refractivity contribution in [2.24, 2.45) is 0 Å². The molecule has 3 aromatic rings. The molecule has 162 valence electrons. The molecule has 1 aliphatic rings. The van der Waals surface area contributed by atoms with E-state index < -0.39 is 6.10 Å². The van der Waals surface area contributed by atoms with E-state index >= 15 is 0 Å². The summed E-state index contributed by atoms with van der Waals surface area (Å²) in [7, 11) is 1.59. The van der Waals surface area contributed by atoms with Crippen molar-refractivity contribution in [1.29, 1.82) is 0 Å². The molecular weight excluding hydrogens is 392 g/mol. The number of benzene rings is 2. The number of hydrogen-bond donors (Lipinski definition) is 1. The summed E-state index contributed by atoms with van der Waals surface area (Å²) in [6.07, 6.45) is 2.81. The van der Waals surface area contributed by atoms with Gasteiger partial charge in [-0.15, -0.1) is 0 Å². The van der Waals surface area contributed by atoms with Crippen LogP contribution in [-0.2, 0) is 0 Å². The molecule has 7 heteroatoms. The summed E-state index contributed by atoms with van der Waals surface area (Å²) < 4.78 is 11.0. The predicted molar refractivity (Wildman–Crippen MR) is 121 cm³/mol. The van der Waals surface area contributed by atoms with E-state index in [1.54, 1.807) is 19.5 Å². The molecule has 0 radical (unpaired) electrons. The van der Waals surface area contributed by atoms with Crippen molar-refractivity contribution in [3.63, 3.8) is 0 Å². The number of aliphatic hydroxyl groups excluding tert-OH is 1. The van der Waals surface area contributed by atoms with Crippen molar-refractivity contribution in [3.8, 4) is 22.8 Å². The van der Waals surface area contributed by atoms with Gasteiger partial charge in [-0.25, -0.2) is 0 Å². The second kappa shape index (κ2) is 10.2. The summed E-state index contributed by atoms with van der Waals surface area (Å²) in [6.45, 7) is 4.21. The SMILES string of the molecule is COc1cncc(N2CCN(CC(O)COc3ccc(-c4ccccc4)cc3)CC2)n1. The van der Waals surface area contributed by atoms with E-state index in [1.807, 2.05) is 42.5 Å². The highest BCUT2D eigenvalue weighted by atomic mass is 16.5. The van der Waals surface area contributed by atoms with Gasteiger partial charge in [0.05, 0.1) is 19.5 Å². The smallest absolute Gasteiger partial charge is 0.233 e. The van der Waals surface area contributed by atoms with Gasteiger partial charge in [0, 0.05) is 32.7 Å². The summed E-state index contributed by atoms with van der Waals surface area (Å²) in [5.41, 5.74) is 2.32. The third kappa shape index (κ3) is 5.71. The second-order valence-electron chi connectivity index (χ2n) is 7.56. The molecule has 0 saturated carbocycles. The molecule has 1 saturated heterocycles. The van der Waals surface area contributed by atoms with Gasteiger partial charge in [0.1, 0.15) is 18.5 Å². The van der Waals surface area contributed by atoms with Crippen LogP contribution in [0.25, 0.3) is 11.1 Å². The normalized spacial score (nSPS) is 15.5. The number of ether oxygens (including phenoxy) is 2. The maximum Gasteiger partial charge on any atom is 0.233 e. The molecule has 1 unspecified atom stereocenters. The number of piperazine rings is 1. The van der Waals surface area contributed by atoms with Gasteiger partial charge >= 0.3 is 0 Å². The van der Waals surface area contributed by atoms with Gasteiger partial charge in [-0.1, -0.05) is 42.5 Å². The van der Waals surface area contributed by atoms with Gasteiger partial charge in [-0.2, -0.15) is 4.98 Å². The van der Waals surface area contributed by atoms with E-state index in [4.69, 9.17) is 9.47 Å². The molecule has 0 bridgehead atoms. The fourth-order valence-corrected chi connectivity index (χ4v) is 3.67. The molecule has 1 fully saturated rings. The highest BCUT2D eigenvalue weighted by Gasteiger charge is 2.21. The number of aromatic nitrogens is 2. The van der Waals surface area contributed by atoms with Crippen LogP contribution in [0.15, 0.2) is 67.0 Å². The highest BCUT2D eigenvalue weighted by molar-refractivity contribution is 5.63. The Labute approximate surface area is 182 Å². The number of aliphatic hydroxyl groups is 1. The average Bonchev–Trinajstić information content (AvgIpc) is 2.84. The van der Waals surface area contributed by atoms with Crippen LogP contribution in [0.2, 0.25) is 0 Å². The standard InChI is InChI=1S/C24H28N4O3/c1-30-24-16-25-15-23(26-24)28-13-11-27(12-14-28)17-21(29)18-31-22-9-7-20(8-10-22)19-5-3-2-4-6-19/h2-10,15-16,21,29H,11-14,17-18H2,1H3. The van der Waals surface area contributed by atoms with Crippen molar-refractivity contribution in [3.05, 3.63) is 67.0 Å². The third-order valence-electron chi connectivity index (χ3n) is 5.38. The molecule has 2 aromatic carbocycles. The van der Waals surface area contributed by atoms with Crippen molar-refractivity contribution >= 4 is 5.82 Å². The first kappa shape index (κ1) is 21.1. The van der Waals surface area contributed by atoms with Crippen LogP contribution in [0.5, 0.6) is 11.6 Å². The number of β-amino-alcohol motifs (C(OH)–C–C–N with tert-alkyl or cyclic N) is 1. The molecule has 1 atom stereocenters. The molecule has 2 heterocycles. The highest BCUT2D eigenvalue weighted by Crippen LogP contribution is 2.22. The molecule has 31 heavy (non-hydrogen) atoms. The lowest BCUT2D eigenvalue weighted by molar-refractivity contribution is 0.0662. The molecule has 1 aliphatic heterocycles. The Hall–Kier alpha value is -3.16. The number of rotatable bonds is 8. The van der Waals surface area contributed by atoms with Crippen LogP contribution in [0.4, 0.5) is 5.82 Å². The molecule has 4 rings (SSSR count). The third-order valence-corrected chi connectivity index (χ3v) is 5.38. The van der Waals surface area contributed by atoms with Crippen molar-refractivity contribution in [2.75, 3.05) is 51.3 Å². The lowest BCUT2D eigenvalue weighted by Gasteiger charge is -2.36. The molecule has 7 nitrogen and oxygen atoms in total. The zero-order valence-corrected chi connectivity index (χ0v) is 17.7. The number of nitrogens with zero attached hydrogens (tertiary/aromatic N) is 4. The largest absolute Gasteiger partial charge is 0.491 e. The zero-order valence-electron chi connectivity index (χ0n) is 17.7. The minimum atomic E-state index is -0.544. The van der Waals surface area contributed by atoms with Gasteiger partial charge in [-0.3, -0.25) is 9.88 Å². The van der Waals surface area contributed by atoms with Gasteiger partial charge in [-0.05, 0) is 23.3 Å². The minimum Gasteiger partial charge on any atom is -0.491 e. The van der Waals surface area contributed by atoms with E-state index in [0.717, 1.165) is 43.3 Å². The molecule has 0 aliphatic carbocycles. The zero-order chi connectivity index (χ0) is 21.5. The van der Waals surface area contributed by atoms with Crippen LogP contribution < -0.4 is 14.4 Å². The number of anilines is 1. The Kier molecular flexibility index (Phi) is 6.96. The molecule has 1 N–H and O–H groups in total. The van der Waals surface area contributed by atoms with Gasteiger partial charge < -0.3 is 19.5 Å². The number of methoxy groups -OCH3 is 1. The van der Waals surface area contributed by atoms with Crippen molar-refractivity contribution in [1.82, 2.24) is 14.9 Å². The van der Waals surface area contributed by atoms with Crippen molar-refractivity contribution < 1.29 is 14.6 Å². The second-order valence-corrected chi connectivity index (χ2v) is 7.56. The van der Waals surface area contributed by atoms with Gasteiger partial charge in [0.25, 0.3) is 0 Å². The average molecular weight is 421 g/mol. The molecule has 0 amide bonds. The van der Waals surface area contributed by atoms with Gasteiger partial charge in [0.15, 0.2) is 5.82 Å². The van der Waals surface area contributed by atoms with Crippen molar-refractivity contribution in [2.45, 2.75) is 6.10 Å². The first-order chi connectivity index (χ1) is 15.2. The van der Waals surface area contributed by atoms with Crippen LogP contribution in [-0.4, -0.2) is 72.5 Å². The quantitative estimate of drug-likeness (QED) is 0.601. The summed E-state index contributed by atoms with van der Waals surface area (Å²) in [5, 5.41) is 10.4. The minimum absolute atomic E-state index is 0.270. The predicted octanol–water partition coefficient (Wildman–Crippen LogP) is 2.71. The van der Waals surface area contributed by atoms with E-state index in [9.17, 15) is 5.11 Å². The van der Waals surface area contributed by atoms with E-state index in [-0.39, 0.29) is 6.61 Å². The van der Waals surface area contributed by atoms with E-state index in [1.165, 1.54) is 5.56 Å².